The fraction of sp³-hybridized carbons (Fsp3) is 0.214. The second-order valence-corrected chi connectivity index (χ2v) is 6.43. The maximum atomic E-state index is 12.1. The van der Waals surface area contributed by atoms with Gasteiger partial charge < -0.3 is 5.32 Å². The Kier molecular flexibility index (Phi) is 3.94. The quantitative estimate of drug-likeness (QED) is 0.911. The van der Waals surface area contributed by atoms with Crippen molar-refractivity contribution >= 4 is 26.8 Å². The highest BCUT2D eigenvalue weighted by Gasteiger charge is 2.18. The summed E-state index contributed by atoms with van der Waals surface area (Å²) in [6.45, 7) is 3.50. The van der Waals surface area contributed by atoms with Crippen LogP contribution in [0.1, 0.15) is 13.8 Å². The molecule has 0 saturated carbocycles. The van der Waals surface area contributed by atoms with Gasteiger partial charge in [-0.25, -0.2) is 17.9 Å². The Balaban J connectivity index is 2.29. The van der Waals surface area contributed by atoms with E-state index >= 15 is 0 Å². The minimum Gasteiger partial charge on any atom is -0.335 e. The van der Waals surface area contributed by atoms with Crippen LogP contribution in [0, 0.1) is 0 Å². The van der Waals surface area contributed by atoms with E-state index < -0.39 is 16.1 Å². The molecule has 0 atom stereocenters. The van der Waals surface area contributed by atoms with Crippen molar-refractivity contribution in [3.05, 3.63) is 42.5 Å². The molecule has 2 rings (SSSR count). The number of carbonyl (C=O) groups is 1. The minimum absolute atomic E-state index is 0.0649. The molecule has 6 heteroatoms. The summed E-state index contributed by atoms with van der Waals surface area (Å²) in [4.78, 5) is 11.6. The minimum atomic E-state index is -3.86. The van der Waals surface area contributed by atoms with Crippen molar-refractivity contribution < 1.29 is 13.2 Å². The number of fused-ring (bicyclic) bond motifs is 1. The molecule has 2 N–H and O–H groups in total. The van der Waals surface area contributed by atoms with Gasteiger partial charge in [-0.15, -0.1) is 0 Å². The Morgan fingerprint density at radius 2 is 1.70 bits per heavy atom. The zero-order valence-corrected chi connectivity index (χ0v) is 12.1. The molecule has 0 spiro atoms. The fourth-order valence-electron chi connectivity index (χ4n) is 1.81. The zero-order chi connectivity index (χ0) is 14.8. The summed E-state index contributed by atoms with van der Waals surface area (Å²) in [6, 6.07) is 11.3. The van der Waals surface area contributed by atoms with Gasteiger partial charge >= 0.3 is 6.03 Å². The number of hydrogen-bond donors (Lipinski definition) is 2. The third kappa shape index (κ3) is 3.27. The topological polar surface area (TPSA) is 75.3 Å². The molecular weight excluding hydrogens is 276 g/mol. The molecule has 5 nitrogen and oxygen atoms in total. The first kappa shape index (κ1) is 14.3. The Hall–Kier alpha value is -2.08. The second-order valence-electron chi connectivity index (χ2n) is 4.74. The molecule has 0 saturated heterocycles. The number of urea groups is 1. The normalized spacial score (nSPS) is 11.6. The molecule has 0 heterocycles. The van der Waals surface area contributed by atoms with Crippen molar-refractivity contribution in [3.63, 3.8) is 0 Å². The Labute approximate surface area is 118 Å². The van der Waals surface area contributed by atoms with E-state index in [2.05, 4.69) is 5.32 Å². The molecule has 0 aliphatic rings. The maximum Gasteiger partial charge on any atom is 0.328 e. The lowest BCUT2D eigenvalue weighted by Crippen LogP contribution is -2.42. The molecule has 2 amide bonds. The van der Waals surface area contributed by atoms with E-state index in [0.29, 0.717) is 0 Å². The van der Waals surface area contributed by atoms with Gasteiger partial charge in [0.05, 0.1) is 4.90 Å². The van der Waals surface area contributed by atoms with Gasteiger partial charge in [0.25, 0.3) is 10.0 Å². The molecule has 0 bridgehead atoms. The molecule has 106 valence electrons. The number of rotatable bonds is 3. The first-order valence-corrected chi connectivity index (χ1v) is 7.69. The predicted octanol–water partition coefficient (Wildman–Crippen LogP) is 2.24. The van der Waals surface area contributed by atoms with Crippen molar-refractivity contribution in [1.82, 2.24) is 10.0 Å². The van der Waals surface area contributed by atoms with Crippen LogP contribution in [0.3, 0.4) is 0 Å². The lowest BCUT2D eigenvalue weighted by atomic mass is 10.1. The molecule has 0 radical (unpaired) electrons. The van der Waals surface area contributed by atoms with Crippen LogP contribution >= 0.6 is 0 Å². The smallest absolute Gasteiger partial charge is 0.328 e. The van der Waals surface area contributed by atoms with Crippen molar-refractivity contribution in [2.45, 2.75) is 24.8 Å². The second kappa shape index (κ2) is 5.50. The summed E-state index contributed by atoms with van der Waals surface area (Å²) < 4.78 is 26.2. The number of nitrogens with one attached hydrogen (secondary N) is 2. The first-order valence-electron chi connectivity index (χ1n) is 6.20. The van der Waals surface area contributed by atoms with Crippen LogP contribution < -0.4 is 10.0 Å². The van der Waals surface area contributed by atoms with E-state index in [1.165, 1.54) is 6.07 Å². The van der Waals surface area contributed by atoms with E-state index in [-0.39, 0.29) is 10.9 Å². The van der Waals surface area contributed by atoms with Gasteiger partial charge in [-0.1, -0.05) is 30.3 Å². The molecule has 0 aromatic heterocycles. The lowest BCUT2D eigenvalue weighted by Gasteiger charge is -2.11. The predicted molar refractivity (Wildman–Crippen MR) is 77.9 cm³/mol. The number of hydrogen-bond acceptors (Lipinski definition) is 3. The van der Waals surface area contributed by atoms with Crippen molar-refractivity contribution in [3.8, 4) is 0 Å². The van der Waals surface area contributed by atoms with Gasteiger partial charge in [-0.3, -0.25) is 0 Å². The van der Waals surface area contributed by atoms with E-state index in [4.69, 9.17) is 0 Å². The van der Waals surface area contributed by atoms with E-state index in [9.17, 15) is 13.2 Å². The van der Waals surface area contributed by atoms with E-state index in [1.54, 1.807) is 26.0 Å². The third-order valence-electron chi connectivity index (χ3n) is 2.68. The van der Waals surface area contributed by atoms with Gasteiger partial charge in [0.15, 0.2) is 0 Å². The van der Waals surface area contributed by atoms with Crippen LogP contribution in [0.25, 0.3) is 10.8 Å². The van der Waals surface area contributed by atoms with Gasteiger partial charge in [-0.2, -0.15) is 0 Å². The number of carbonyl (C=O) groups excluding carboxylic acids is 1. The average molecular weight is 292 g/mol. The summed E-state index contributed by atoms with van der Waals surface area (Å²) >= 11 is 0. The largest absolute Gasteiger partial charge is 0.335 e. The molecular formula is C14H16N2O3S. The van der Waals surface area contributed by atoms with Crippen LogP contribution in [0.15, 0.2) is 47.4 Å². The molecule has 0 unspecified atom stereocenters. The van der Waals surface area contributed by atoms with Crippen molar-refractivity contribution in [2.75, 3.05) is 0 Å². The molecule has 20 heavy (non-hydrogen) atoms. The van der Waals surface area contributed by atoms with Crippen LogP contribution in [-0.4, -0.2) is 20.5 Å². The fourth-order valence-corrected chi connectivity index (χ4v) is 2.76. The summed E-state index contributed by atoms with van der Waals surface area (Å²) in [7, 11) is -3.86. The van der Waals surface area contributed by atoms with Gasteiger partial charge in [-0.05, 0) is 36.8 Å². The monoisotopic (exact) mass is 292 g/mol. The standard InChI is InChI=1S/C14H16N2O3S/c1-10(2)15-14(17)16-20(18,19)13-8-7-11-5-3-4-6-12(11)9-13/h3-10H,1-2H3,(H2,15,16,17). The molecule has 0 aliphatic carbocycles. The Bertz CT molecular complexity index is 739. The van der Waals surface area contributed by atoms with Crippen LogP contribution in [0.4, 0.5) is 4.79 Å². The summed E-state index contributed by atoms with van der Waals surface area (Å²) in [6.07, 6.45) is 0. The highest BCUT2D eigenvalue weighted by atomic mass is 32.2. The summed E-state index contributed by atoms with van der Waals surface area (Å²) in [5, 5.41) is 4.22. The highest BCUT2D eigenvalue weighted by molar-refractivity contribution is 7.90. The third-order valence-corrected chi connectivity index (χ3v) is 4.01. The summed E-state index contributed by atoms with van der Waals surface area (Å²) in [5.74, 6) is 0. The first-order chi connectivity index (χ1) is 9.38. The molecule has 2 aromatic carbocycles. The van der Waals surface area contributed by atoms with Gasteiger partial charge in [0.2, 0.25) is 0 Å². The SMILES string of the molecule is CC(C)NC(=O)NS(=O)(=O)c1ccc2ccccc2c1. The average Bonchev–Trinajstić information content (AvgIpc) is 2.36. The number of benzene rings is 2. The Morgan fingerprint density at radius 1 is 1.05 bits per heavy atom. The molecule has 0 aliphatic heterocycles. The lowest BCUT2D eigenvalue weighted by molar-refractivity contribution is 0.243. The van der Waals surface area contributed by atoms with E-state index in [1.807, 2.05) is 29.0 Å². The number of amides is 2. The number of sulfonamides is 1. The van der Waals surface area contributed by atoms with Crippen molar-refractivity contribution in [1.29, 1.82) is 0 Å². The van der Waals surface area contributed by atoms with Crippen molar-refractivity contribution in [2.24, 2.45) is 0 Å². The molecule has 2 aromatic rings. The maximum absolute atomic E-state index is 12.1. The van der Waals surface area contributed by atoms with E-state index in [0.717, 1.165) is 10.8 Å². The Morgan fingerprint density at radius 3 is 2.35 bits per heavy atom. The van der Waals surface area contributed by atoms with Crippen LogP contribution in [-0.2, 0) is 10.0 Å². The zero-order valence-electron chi connectivity index (χ0n) is 11.3. The van der Waals surface area contributed by atoms with Gasteiger partial charge in [0.1, 0.15) is 0 Å². The molecule has 0 fully saturated rings. The van der Waals surface area contributed by atoms with Crippen LogP contribution in [0.5, 0.6) is 0 Å². The van der Waals surface area contributed by atoms with Gasteiger partial charge in [0, 0.05) is 6.04 Å². The summed E-state index contributed by atoms with van der Waals surface area (Å²) in [5.41, 5.74) is 0. The van der Waals surface area contributed by atoms with Crippen LogP contribution in [0.2, 0.25) is 0 Å². The highest BCUT2D eigenvalue weighted by Crippen LogP contribution is 2.18.